The number of hydrogen-bond acceptors (Lipinski definition) is 6. The highest BCUT2D eigenvalue weighted by atomic mass is 32.2. The van der Waals surface area contributed by atoms with Crippen molar-refractivity contribution in [3.8, 4) is 5.75 Å². The first-order valence-corrected chi connectivity index (χ1v) is 9.16. The molecule has 1 amide bonds. The van der Waals surface area contributed by atoms with Crippen LogP contribution in [-0.4, -0.2) is 32.6 Å². The van der Waals surface area contributed by atoms with Crippen LogP contribution in [0, 0.1) is 10.1 Å². The number of benzene rings is 2. The first-order valence-electron chi connectivity index (χ1n) is 7.10. The molecule has 2 aromatic carbocycles. The Morgan fingerprint density at radius 2 is 1.84 bits per heavy atom. The molecular formula is C16H16N2O6S. The molecule has 0 aliphatic heterocycles. The third kappa shape index (κ3) is 5.01. The van der Waals surface area contributed by atoms with Gasteiger partial charge in [-0.25, -0.2) is 8.42 Å². The summed E-state index contributed by atoms with van der Waals surface area (Å²) >= 11 is 0. The molecule has 8 nitrogen and oxygen atoms in total. The number of nitro benzene ring substituents is 1. The van der Waals surface area contributed by atoms with Crippen LogP contribution < -0.4 is 10.1 Å². The van der Waals surface area contributed by atoms with Crippen molar-refractivity contribution >= 4 is 27.1 Å². The number of hydrogen-bond donors (Lipinski definition) is 1. The molecule has 132 valence electrons. The molecule has 0 aromatic heterocycles. The summed E-state index contributed by atoms with van der Waals surface area (Å²) < 4.78 is 27.6. The molecule has 25 heavy (non-hydrogen) atoms. The molecule has 1 N–H and O–H groups in total. The maximum Gasteiger partial charge on any atom is 0.271 e. The second kappa shape index (κ2) is 7.31. The molecule has 0 atom stereocenters. The lowest BCUT2D eigenvalue weighted by atomic mass is 10.1. The minimum atomic E-state index is -3.16. The largest absolute Gasteiger partial charge is 0.495 e. The van der Waals surface area contributed by atoms with Crippen molar-refractivity contribution in [2.24, 2.45) is 0 Å². The topological polar surface area (TPSA) is 116 Å². The Bertz CT molecular complexity index is 907. The molecule has 0 saturated carbocycles. The molecule has 0 bridgehead atoms. The fraction of sp³-hybridized carbons (Fsp3) is 0.188. The molecule has 0 radical (unpaired) electrons. The number of rotatable bonds is 6. The van der Waals surface area contributed by atoms with Crippen LogP contribution in [0.5, 0.6) is 5.75 Å². The summed E-state index contributed by atoms with van der Waals surface area (Å²) in [5.74, 6) is -0.328. The van der Waals surface area contributed by atoms with Gasteiger partial charge in [0.15, 0.2) is 9.84 Å². The molecule has 2 aromatic rings. The van der Waals surface area contributed by atoms with Crippen LogP contribution in [0.15, 0.2) is 42.5 Å². The van der Waals surface area contributed by atoms with Gasteiger partial charge in [0.2, 0.25) is 0 Å². The second-order valence-corrected chi connectivity index (χ2v) is 7.50. The van der Waals surface area contributed by atoms with E-state index in [1.165, 1.54) is 37.4 Å². The highest BCUT2D eigenvalue weighted by Crippen LogP contribution is 2.29. The first kappa shape index (κ1) is 18.4. The number of methoxy groups -OCH3 is 1. The number of amides is 1. The Hall–Kier alpha value is -2.94. The lowest BCUT2D eigenvalue weighted by Crippen LogP contribution is -2.13. The standard InChI is InChI=1S/C16H16N2O6S/c1-24-15-8-7-13(18(20)21)9-14(15)17-16(19)12-5-3-11(4-6-12)10-25(2,22)23/h3-9H,10H2,1-2H3,(H,17,19). The predicted molar refractivity (Wildman–Crippen MR) is 92.6 cm³/mol. The van der Waals surface area contributed by atoms with Crippen LogP contribution in [-0.2, 0) is 15.6 Å². The van der Waals surface area contributed by atoms with Crippen LogP contribution in [0.2, 0.25) is 0 Å². The molecule has 0 spiro atoms. The zero-order valence-corrected chi connectivity index (χ0v) is 14.4. The number of nitro groups is 1. The van der Waals surface area contributed by atoms with E-state index in [0.717, 1.165) is 6.26 Å². The van der Waals surface area contributed by atoms with E-state index >= 15 is 0 Å². The van der Waals surface area contributed by atoms with E-state index < -0.39 is 20.7 Å². The lowest BCUT2D eigenvalue weighted by molar-refractivity contribution is -0.384. The molecule has 9 heteroatoms. The van der Waals surface area contributed by atoms with Gasteiger partial charge in [-0.15, -0.1) is 0 Å². The Morgan fingerprint density at radius 1 is 1.20 bits per heavy atom. The van der Waals surface area contributed by atoms with Crippen LogP contribution in [0.1, 0.15) is 15.9 Å². The van der Waals surface area contributed by atoms with Crippen LogP contribution in [0.25, 0.3) is 0 Å². The molecule has 0 aliphatic carbocycles. The number of ether oxygens (including phenoxy) is 1. The number of carbonyl (C=O) groups is 1. The van der Waals surface area contributed by atoms with Gasteiger partial charge in [-0.05, 0) is 23.8 Å². The lowest BCUT2D eigenvalue weighted by Gasteiger charge is -2.10. The van der Waals surface area contributed by atoms with Gasteiger partial charge in [-0.2, -0.15) is 0 Å². The van der Waals surface area contributed by atoms with Gasteiger partial charge >= 0.3 is 0 Å². The van der Waals surface area contributed by atoms with Crippen LogP contribution in [0.4, 0.5) is 11.4 Å². The van der Waals surface area contributed by atoms with Gasteiger partial charge in [0.25, 0.3) is 11.6 Å². The number of nitrogens with one attached hydrogen (secondary N) is 1. The highest BCUT2D eigenvalue weighted by molar-refractivity contribution is 7.89. The van der Waals surface area contributed by atoms with Crippen LogP contribution in [0.3, 0.4) is 0 Å². The number of anilines is 1. The Kier molecular flexibility index (Phi) is 5.38. The average Bonchev–Trinajstić information content (AvgIpc) is 2.53. The summed E-state index contributed by atoms with van der Waals surface area (Å²) in [6.45, 7) is 0. The van der Waals surface area contributed by atoms with Crippen molar-refractivity contribution in [1.29, 1.82) is 0 Å². The summed E-state index contributed by atoms with van der Waals surface area (Å²) in [5, 5.41) is 13.4. The quantitative estimate of drug-likeness (QED) is 0.621. The fourth-order valence-electron chi connectivity index (χ4n) is 2.16. The molecule has 0 fully saturated rings. The normalized spacial score (nSPS) is 11.0. The zero-order chi connectivity index (χ0) is 18.6. The van der Waals surface area contributed by atoms with Crippen molar-refractivity contribution in [3.63, 3.8) is 0 Å². The van der Waals surface area contributed by atoms with E-state index in [1.54, 1.807) is 12.1 Å². The Labute approximate surface area is 144 Å². The first-order chi connectivity index (χ1) is 11.7. The van der Waals surface area contributed by atoms with Gasteiger partial charge in [0, 0.05) is 24.0 Å². The second-order valence-electron chi connectivity index (χ2n) is 5.36. The Morgan fingerprint density at radius 3 is 2.36 bits per heavy atom. The smallest absolute Gasteiger partial charge is 0.271 e. The van der Waals surface area contributed by atoms with Gasteiger partial charge in [0.05, 0.1) is 23.5 Å². The van der Waals surface area contributed by atoms with Crippen molar-refractivity contribution in [1.82, 2.24) is 0 Å². The predicted octanol–water partition coefficient (Wildman–Crippen LogP) is 2.40. The average molecular weight is 364 g/mol. The van der Waals surface area contributed by atoms with Crippen molar-refractivity contribution < 1.29 is 22.9 Å². The number of carbonyl (C=O) groups excluding carboxylic acids is 1. The summed E-state index contributed by atoms with van der Waals surface area (Å²) in [7, 11) is -1.78. The maximum atomic E-state index is 12.3. The highest BCUT2D eigenvalue weighted by Gasteiger charge is 2.15. The monoisotopic (exact) mass is 364 g/mol. The molecule has 0 unspecified atom stereocenters. The Balaban J connectivity index is 2.22. The van der Waals surface area contributed by atoms with Gasteiger partial charge in [-0.3, -0.25) is 14.9 Å². The van der Waals surface area contributed by atoms with E-state index in [4.69, 9.17) is 4.74 Å². The van der Waals surface area contributed by atoms with E-state index in [0.29, 0.717) is 5.56 Å². The maximum absolute atomic E-state index is 12.3. The van der Waals surface area contributed by atoms with Crippen LogP contribution >= 0.6 is 0 Å². The van der Waals surface area contributed by atoms with E-state index in [2.05, 4.69) is 5.32 Å². The third-order valence-corrected chi connectivity index (χ3v) is 4.14. The zero-order valence-electron chi connectivity index (χ0n) is 13.6. The number of sulfone groups is 1. The van der Waals surface area contributed by atoms with Gasteiger partial charge < -0.3 is 10.1 Å². The molecular weight excluding hydrogens is 348 g/mol. The molecule has 2 rings (SSSR count). The summed E-state index contributed by atoms with van der Waals surface area (Å²) in [4.78, 5) is 22.6. The number of non-ortho nitro benzene ring substituents is 1. The SMILES string of the molecule is COc1ccc([N+](=O)[O-])cc1NC(=O)c1ccc(CS(C)(=O)=O)cc1. The van der Waals surface area contributed by atoms with Crippen molar-refractivity contribution in [3.05, 3.63) is 63.7 Å². The van der Waals surface area contributed by atoms with E-state index in [9.17, 15) is 23.3 Å². The minimum Gasteiger partial charge on any atom is -0.495 e. The van der Waals surface area contributed by atoms with Gasteiger partial charge in [0.1, 0.15) is 5.75 Å². The van der Waals surface area contributed by atoms with E-state index in [-0.39, 0.29) is 28.4 Å². The molecule has 0 heterocycles. The summed E-state index contributed by atoms with van der Waals surface area (Å²) in [6.07, 6.45) is 1.13. The third-order valence-electron chi connectivity index (χ3n) is 3.29. The van der Waals surface area contributed by atoms with Crippen molar-refractivity contribution in [2.75, 3.05) is 18.7 Å². The fourth-order valence-corrected chi connectivity index (χ4v) is 2.95. The summed E-state index contributed by atoms with van der Waals surface area (Å²) in [6, 6.07) is 9.92. The summed E-state index contributed by atoms with van der Waals surface area (Å²) in [5.41, 5.74) is 0.833. The number of nitrogens with zero attached hydrogens (tertiary/aromatic N) is 1. The van der Waals surface area contributed by atoms with Gasteiger partial charge in [-0.1, -0.05) is 12.1 Å². The molecule has 0 saturated heterocycles. The van der Waals surface area contributed by atoms with Crippen molar-refractivity contribution in [2.45, 2.75) is 5.75 Å². The minimum absolute atomic E-state index is 0.117. The molecule has 0 aliphatic rings. The van der Waals surface area contributed by atoms with E-state index in [1.807, 2.05) is 0 Å².